The van der Waals surface area contributed by atoms with Gasteiger partial charge in [0.15, 0.2) is 9.84 Å². The molecule has 0 saturated heterocycles. The summed E-state index contributed by atoms with van der Waals surface area (Å²) in [5, 5.41) is 1.03. The minimum atomic E-state index is -4.08. The van der Waals surface area contributed by atoms with Gasteiger partial charge in [-0.05, 0) is 30.3 Å². The number of sulfone groups is 1. The topological polar surface area (TPSA) is 78.9 Å². The van der Waals surface area contributed by atoms with Crippen molar-refractivity contribution in [3.05, 3.63) is 72.1 Å². The molecule has 0 bridgehead atoms. The molecular weight excluding hydrogens is 351 g/mol. The lowest BCUT2D eigenvalue weighted by Gasteiger charge is -2.21. The molecule has 0 aromatic heterocycles. The molecular formula is C16H15O6PS. The Morgan fingerprint density at radius 3 is 1.79 bits per heavy atom. The standard InChI is InChI=1S/C16H15O6PS/c17-23(20-14-7-3-1-4-8-14,21-15-9-5-2-6-10-15)22-16-11-12-24(18,19)13-16/h1-12,16H,13H2/t16-/m0/s1. The molecule has 0 spiro atoms. The van der Waals surface area contributed by atoms with Gasteiger partial charge in [0, 0.05) is 5.41 Å². The van der Waals surface area contributed by atoms with E-state index in [1.54, 1.807) is 60.7 Å². The zero-order valence-electron chi connectivity index (χ0n) is 12.5. The van der Waals surface area contributed by atoms with Gasteiger partial charge in [-0.1, -0.05) is 36.4 Å². The van der Waals surface area contributed by atoms with E-state index in [4.69, 9.17) is 13.6 Å². The van der Waals surface area contributed by atoms with Gasteiger partial charge in [0.05, 0.1) is 5.75 Å². The van der Waals surface area contributed by atoms with E-state index in [2.05, 4.69) is 0 Å². The van der Waals surface area contributed by atoms with Crippen LogP contribution in [0.2, 0.25) is 0 Å². The predicted octanol–water partition coefficient (Wildman–Crippen LogP) is 3.58. The molecule has 0 N–H and O–H groups in total. The second-order valence-corrected chi connectivity index (χ2v) is 8.46. The zero-order valence-corrected chi connectivity index (χ0v) is 14.2. The fourth-order valence-electron chi connectivity index (χ4n) is 2.06. The molecule has 8 heteroatoms. The van der Waals surface area contributed by atoms with E-state index in [9.17, 15) is 13.0 Å². The summed E-state index contributed by atoms with van der Waals surface area (Å²) in [5.74, 6) is 0.288. The Bertz CT molecular complexity index is 818. The molecule has 2 aromatic rings. The Hall–Kier alpha value is -2.08. The summed E-state index contributed by atoms with van der Waals surface area (Å²) >= 11 is 0. The first-order chi connectivity index (χ1) is 11.4. The number of benzene rings is 2. The third kappa shape index (κ3) is 4.47. The van der Waals surface area contributed by atoms with Crippen LogP contribution in [0.1, 0.15) is 0 Å². The summed E-state index contributed by atoms with van der Waals surface area (Å²) in [4.78, 5) is 0. The van der Waals surface area contributed by atoms with Crippen LogP contribution in [0.4, 0.5) is 0 Å². The van der Waals surface area contributed by atoms with E-state index >= 15 is 0 Å². The van der Waals surface area contributed by atoms with Crippen LogP contribution in [-0.4, -0.2) is 20.3 Å². The summed E-state index contributed by atoms with van der Waals surface area (Å²) in [6, 6.07) is 16.8. The number of phosphoric ester groups is 1. The minimum absolute atomic E-state index is 0.293. The Kier molecular flexibility index (Phi) is 4.76. The van der Waals surface area contributed by atoms with Gasteiger partial charge in [-0.15, -0.1) is 0 Å². The second kappa shape index (κ2) is 6.81. The highest BCUT2D eigenvalue weighted by Gasteiger charge is 2.37. The molecule has 1 atom stereocenters. The van der Waals surface area contributed by atoms with Crippen LogP contribution in [0.5, 0.6) is 11.5 Å². The fraction of sp³-hybridized carbons (Fsp3) is 0.125. The van der Waals surface area contributed by atoms with Crippen LogP contribution < -0.4 is 9.05 Å². The van der Waals surface area contributed by atoms with Crippen LogP contribution in [-0.2, 0) is 18.9 Å². The van der Waals surface area contributed by atoms with Gasteiger partial charge in [-0.3, -0.25) is 4.52 Å². The van der Waals surface area contributed by atoms with E-state index in [-0.39, 0.29) is 5.75 Å². The van der Waals surface area contributed by atoms with Crippen LogP contribution >= 0.6 is 7.82 Å². The summed E-state index contributed by atoms with van der Waals surface area (Å²) in [6.45, 7) is 0. The van der Waals surface area contributed by atoms with Crippen molar-refractivity contribution in [2.75, 3.05) is 5.75 Å². The quantitative estimate of drug-likeness (QED) is 0.727. The van der Waals surface area contributed by atoms with Gasteiger partial charge in [0.25, 0.3) is 0 Å². The van der Waals surface area contributed by atoms with Gasteiger partial charge < -0.3 is 9.05 Å². The van der Waals surface area contributed by atoms with E-state index in [1.165, 1.54) is 6.08 Å². The van der Waals surface area contributed by atoms with Crippen molar-refractivity contribution < 1.29 is 26.6 Å². The van der Waals surface area contributed by atoms with Crippen LogP contribution in [0.15, 0.2) is 72.1 Å². The molecule has 6 nitrogen and oxygen atoms in total. The molecule has 0 fully saturated rings. The molecule has 3 rings (SSSR count). The Labute approximate surface area is 140 Å². The van der Waals surface area contributed by atoms with Gasteiger partial charge in [0.1, 0.15) is 17.6 Å². The number of rotatable bonds is 6. The van der Waals surface area contributed by atoms with Crippen molar-refractivity contribution >= 4 is 17.7 Å². The lowest BCUT2D eigenvalue weighted by molar-refractivity contribution is 0.185. The molecule has 0 aliphatic carbocycles. The molecule has 2 aromatic carbocycles. The maximum Gasteiger partial charge on any atom is 0.588 e. The highest BCUT2D eigenvalue weighted by Crippen LogP contribution is 2.51. The van der Waals surface area contributed by atoms with Crippen LogP contribution in [0.3, 0.4) is 0 Å². The minimum Gasteiger partial charge on any atom is -0.395 e. The molecule has 24 heavy (non-hydrogen) atoms. The maximum absolute atomic E-state index is 13.0. The van der Waals surface area contributed by atoms with Crippen molar-refractivity contribution in [1.82, 2.24) is 0 Å². The van der Waals surface area contributed by atoms with Crippen molar-refractivity contribution in [3.63, 3.8) is 0 Å². The second-order valence-electron chi connectivity index (χ2n) is 5.06. The monoisotopic (exact) mass is 366 g/mol. The molecule has 1 aliphatic heterocycles. The average molecular weight is 366 g/mol. The van der Waals surface area contributed by atoms with E-state index in [0.717, 1.165) is 5.41 Å². The first-order valence-corrected chi connectivity index (χ1v) is 10.3. The Balaban J connectivity index is 1.83. The summed E-state index contributed by atoms with van der Waals surface area (Å²) in [7, 11) is -7.44. The van der Waals surface area contributed by atoms with E-state index < -0.39 is 23.8 Å². The Morgan fingerprint density at radius 1 is 0.875 bits per heavy atom. The van der Waals surface area contributed by atoms with Crippen LogP contribution in [0.25, 0.3) is 0 Å². The largest absolute Gasteiger partial charge is 0.588 e. The average Bonchev–Trinajstić information content (AvgIpc) is 2.87. The normalized spacial score (nSPS) is 19.1. The SMILES string of the molecule is O=P(Oc1ccccc1)(Oc1ccccc1)O[C@H]1C=CS(=O)(=O)C1. The van der Waals surface area contributed by atoms with Crippen molar-refractivity contribution in [1.29, 1.82) is 0 Å². The number of para-hydroxylation sites is 2. The third-order valence-electron chi connectivity index (χ3n) is 3.08. The lowest BCUT2D eigenvalue weighted by Crippen LogP contribution is -2.17. The molecule has 1 heterocycles. The number of hydrogen-bond donors (Lipinski definition) is 0. The predicted molar refractivity (Wildman–Crippen MR) is 89.5 cm³/mol. The highest BCUT2D eigenvalue weighted by atomic mass is 32.2. The van der Waals surface area contributed by atoms with Crippen molar-refractivity contribution in [2.45, 2.75) is 6.10 Å². The van der Waals surface area contributed by atoms with Gasteiger partial charge in [-0.2, -0.15) is 0 Å². The lowest BCUT2D eigenvalue weighted by atomic mass is 10.3. The third-order valence-corrected chi connectivity index (χ3v) is 5.85. The summed E-state index contributed by atoms with van der Waals surface area (Å²) in [6.07, 6.45) is 0.429. The molecule has 1 aliphatic rings. The zero-order chi connectivity index (χ0) is 17.0. The summed E-state index contributed by atoms with van der Waals surface area (Å²) in [5.41, 5.74) is 0. The van der Waals surface area contributed by atoms with Crippen molar-refractivity contribution in [2.24, 2.45) is 0 Å². The molecule has 126 valence electrons. The van der Waals surface area contributed by atoms with Gasteiger partial charge >= 0.3 is 7.82 Å². The maximum atomic E-state index is 13.0. The smallest absolute Gasteiger partial charge is 0.395 e. The number of phosphoric acid groups is 1. The fourth-order valence-corrected chi connectivity index (χ4v) is 4.68. The molecule has 0 saturated carbocycles. The molecule has 0 radical (unpaired) electrons. The number of hydrogen-bond acceptors (Lipinski definition) is 6. The summed E-state index contributed by atoms with van der Waals surface area (Å²) < 4.78 is 52.3. The molecule has 0 unspecified atom stereocenters. The van der Waals surface area contributed by atoms with E-state index in [1.807, 2.05) is 0 Å². The Morgan fingerprint density at radius 2 is 1.38 bits per heavy atom. The first-order valence-electron chi connectivity index (χ1n) is 7.13. The highest BCUT2D eigenvalue weighted by molar-refractivity contribution is 7.94. The van der Waals surface area contributed by atoms with E-state index in [0.29, 0.717) is 11.5 Å². The van der Waals surface area contributed by atoms with Gasteiger partial charge in [0.2, 0.25) is 0 Å². The molecule has 0 amide bonds. The first kappa shape index (κ1) is 16.8. The van der Waals surface area contributed by atoms with Gasteiger partial charge in [-0.25, -0.2) is 13.0 Å². The van der Waals surface area contributed by atoms with Crippen molar-refractivity contribution in [3.8, 4) is 11.5 Å². The van der Waals surface area contributed by atoms with Crippen LogP contribution in [0, 0.1) is 0 Å².